The number of rotatable bonds is 21. The summed E-state index contributed by atoms with van der Waals surface area (Å²) in [6.07, 6.45) is 24.7. The second-order valence-corrected chi connectivity index (χ2v) is 28.2. The van der Waals surface area contributed by atoms with Crippen molar-refractivity contribution in [3.8, 4) is 0 Å². The van der Waals surface area contributed by atoms with E-state index in [9.17, 15) is 28.8 Å². The first-order chi connectivity index (χ1) is 24.5. The minimum atomic E-state index is -3.87. The zero-order valence-corrected chi connectivity index (χ0v) is 38.1. The van der Waals surface area contributed by atoms with Gasteiger partial charge in [0.2, 0.25) is 0 Å². The summed E-state index contributed by atoms with van der Waals surface area (Å²) >= 11 is -11.6. The average Bonchev–Trinajstić information content (AvgIpc) is 3.11. The quantitative estimate of drug-likeness (QED) is 0.0572. The number of carbonyl (C=O) groups is 6. The summed E-state index contributed by atoms with van der Waals surface area (Å²) in [7, 11) is 0. The fourth-order valence-corrected chi connectivity index (χ4v) is 25.1. The van der Waals surface area contributed by atoms with Crippen LogP contribution in [0.15, 0.2) is 167 Å². The van der Waals surface area contributed by atoms with Crippen LogP contribution >= 0.6 is 0 Å². The molecule has 264 valence electrons. The molecule has 0 atom stereocenters. The van der Waals surface area contributed by atoms with Crippen LogP contribution in [0.1, 0.15) is 0 Å². The number of hydrogen-bond donors (Lipinski definition) is 6. The van der Waals surface area contributed by atoms with Crippen LogP contribution in [-0.2, 0) is 28.8 Å². The Labute approximate surface area is 324 Å². The van der Waals surface area contributed by atoms with E-state index in [-0.39, 0.29) is 0 Å². The van der Waals surface area contributed by atoms with E-state index >= 15 is 0 Å². The first-order valence-corrected chi connectivity index (χ1v) is 30.3. The van der Waals surface area contributed by atoms with Gasteiger partial charge in [-0.05, 0) is 0 Å². The van der Waals surface area contributed by atoms with Crippen LogP contribution in [0, 0.1) is 0 Å². The van der Waals surface area contributed by atoms with Crippen molar-refractivity contribution in [3.05, 3.63) is 167 Å². The third kappa shape index (κ3) is 18.9. The summed E-state index contributed by atoms with van der Waals surface area (Å²) in [5.41, 5.74) is 0. The molecule has 6 amide bonds. The van der Waals surface area contributed by atoms with Crippen LogP contribution in [0.25, 0.3) is 0 Å². The van der Waals surface area contributed by atoms with Crippen LogP contribution in [0.2, 0.25) is 0 Å². The van der Waals surface area contributed by atoms with Gasteiger partial charge in [-0.15, -0.1) is 0 Å². The van der Waals surface area contributed by atoms with Crippen LogP contribution in [0.4, 0.5) is 0 Å². The third-order valence-electron chi connectivity index (χ3n) is 5.30. The second-order valence-electron chi connectivity index (χ2n) is 9.14. The molecule has 1 rings (SSSR count). The number of nitrogens with one attached hydrogen (secondary N) is 6. The first-order valence-electron chi connectivity index (χ1n) is 14.7. The molecular weight excluding hydrogens is 1240 g/mol. The molecule has 0 aromatic heterocycles. The molecule has 0 saturated carbocycles. The van der Waals surface area contributed by atoms with Gasteiger partial charge in [0.05, 0.1) is 0 Å². The van der Waals surface area contributed by atoms with Crippen LogP contribution in [-0.4, -0.2) is 102 Å². The Morgan fingerprint density at radius 1 is 0.353 bits per heavy atom. The summed E-state index contributed by atoms with van der Waals surface area (Å²) in [4.78, 5) is 77.7. The van der Waals surface area contributed by atoms with Gasteiger partial charge < -0.3 is 0 Å². The van der Waals surface area contributed by atoms with Gasteiger partial charge in [-0.3, -0.25) is 0 Å². The Kier molecular flexibility index (Phi) is 23.1. The molecule has 0 fully saturated rings. The van der Waals surface area contributed by atoms with E-state index in [0.29, 0.717) is 9.81 Å². The number of hydrogen-bond acceptors (Lipinski definition) is 6. The molecular formula is C36H39Bi3N6O6. The Balaban J connectivity index is 4.17. The molecule has 0 aliphatic heterocycles. The van der Waals surface area contributed by atoms with Crippen molar-refractivity contribution in [2.75, 3.05) is 0 Å². The van der Waals surface area contributed by atoms with E-state index in [2.05, 4.69) is 59.0 Å². The molecule has 0 radical (unpaired) electrons. The molecule has 0 saturated heterocycles. The van der Waals surface area contributed by atoms with Crippen molar-refractivity contribution in [1.29, 1.82) is 0 Å². The summed E-state index contributed by atoms with van der Waals surface area (Å²) in [5.74, 6) is -2.98. The Morgan fingerprint density at radius 3 is 0.647 bits per heavy atom. The van der Waals surface area contributed by atoms with Gasteiger partial charge in [-0.2, -0.15) is 0 Å². The van der Waals surface area contributed by atoms with E-state index in [0.717, 1.165) is 0 Å². The molecule has 0 spiro atoms. The van der Waals surface area contributed by atoms with Crippen molar-refractivity contribution < 1.29 is 28.8 Å². The van der Waals surface area contributed by atoms with Gasteiger partial charge in [-0.25, -0.2) is 0 Å². The molecule has 15 heteroatoms. The van der Waals surface area contributed by atoms with Gasteiger partial charge in [-0.1, -0.05) is 0 Å². The minimum absolute atomic E-state index is 0.497. The molecule has 0 aliphatic carbocycles. The molecule has 0 bridgehead atoms. The molecule has 6 N–H and O–H groups in total. The number of benzene rings is 1. The molecule has 1 aromatic carbocycles. The van der Waals surface area contributed by atoms with Crippen LogP contribution in [0.5, 0.6) is 0 Å². The Bertz CT molecular complexity index is 1410. The van der Waals surface area contributed by atoms with Gasteiger partial charge >= 0.3 is 328 Å². The van der Waals surface area contributed by atoms with Crippen molar-refractivity contribution in [2.24, 2.45) is 0 Å². The van der Waals surface area contributed by atoms with E-state index in [1.165, 1.54) is 109 Å². The van der Waals surface area contributed by atoms with Gasteiger partial charge in [0.1, 0.15) is 0 Å². The average molecular weight is 1280 g/mol. The van der Waals surface area contributed by atoms with Crippen LogP contribution < -0.4 is 29.4 Å². The van der Waals surface area contributed by atoms with E-state index in [1.54, 1.807) is 18.2 Å². The number of allylic oxidation sites excluding steroid dienone is 12. The van der Waals surface area contributed by atoms with Crippen molar-refractivity contribution >= 4 is 112 Å². The van der Waals surface area contributed by atoms with Gasteiger partial charge in [0.25, 0.3) is 0 Å². The van der Waals surface area contributed by atoms with Gasteiger partial charge in [0.15, 0.2) is 0 Å². The second kappa shape index (κ2) is 26.4. The molecule has 0 unspecified atom stereocenters. The monoisotopic (exact) mass is 1280 g/mol. The fraction of sp³-hybridized carbons (Fsp3) is 0. The Morgan fingerprint density at radius 2 is 0.510 bits per heavy atom. The fourth-order valence-electron chi connectivity index (χ4n) is 3.26. The third-order valence-corrected chi connectivity index (χ3v) is 24.7. The number of amides is 6. The predicted octanol–water partition coefficient (Wildman–Crippen LogP) is -0.0774. The maximum atomic E-state index is 13.0. The SMILES string of the molecule is C=CC=CC(=O)[NH][Bi]([NH]C(=O)C=CC=C)[c]1c[c]([Bi]([NH]C(=O)C=CC=C)[NH]C(=O)C=CC=C)c[c]([Bi]([NH]C(=O)C=CC=C)[NH]C(=O)C=CC=C)c1. The van der Waals surface area contributed by atoms with E-state index < -0.39 is 102 Å². The molecule has 0 aliphatic rings. The molecule has 51 heavy (non-hydrogen) atoms. The van der Waals surface area contributed by atoms with Crippen molar-refractivity contribution in [3.63, 3.8) is 0 Å². The van der Waals surface area contributed by atoms with Crippen LogP contribution in [0.3, 0.4) is 0 Å². The van der Waals surface area contributed by atoms with Crippen molar-refractivity contribution in [1.82, 2.24) is 19.6 Å². The van der Waals surface area contributed by atoms with E-state index in [1.807, 2.05) is 0 Å². The molecule has 1 aromatic rings. The molecule has 0 heterocycles. The maximum absolute atomic E-state index is 13.0. The van der Waals surface area contributed by atoms with Crippen molar-refractivity contribution in [2.45, 2.75) is 0 Å². The summed E-state index contributed by atoms with van der Waals surface area (Å²) in [6, 6.07) is 5.14. The molecule has 12 nitrogen and oxygen atoms in total. The zero-order chi connectivity index (χ0) is 38.0. The predicted molar refractivity (Wildman–Crippen MR) is 207 cm³/mol. The van der Waals surface area contributed by atoms with E-state index in [4.69, 9.17) is 0 Å². The standard InChI is InChI=1S/C6H3.6C5H7NO.3Bi/c1-2-4-6-5-3-1;6*1-2-3-4-5(6)7;;;/h1,4-5H;6*2-4H,1H2,(H2,6,7);;;/q;;;;;;;3*+2/p-6. The van der Waals surface area contributed by atoms with Gasteiger partial charge in [0, 0.05) is 0 Å². The summed E-state index contributed by atoms with van der Waals surface area (Å²) in [6.45, 7) is 21.5. The number of carbonyl (C=O) groups excluding carboxylic acids is 6. The normalized spacial score (nSPS) is 11.4. The topological polar surface area (TPSA) is 175 Å². The first kappa shape index (κ1) is 44.6. The zero-order valence-electron chi connectivity index (χ0n) is 27.7. The summed E-state index contributed by atoms with van der Waals surface area (Å²) < 4.78 is 19.1. The Hall–Kier alpha value is -4.43. The summed E-state index contributed by atoms with van der Waals surface area (Å²) in [5, 5.41) is 0.